The summed E-state index contributed by atoms with van der Waals surface area (Å²) < 4.78 is 52.0. The average molecular weight is 358 g/mol. The molecule has 3 atom stereocenters. The lowest BCUT2D eigenvalue weighted by Crippen LogP contribution is -2.44. The first-order valence-electron chi connectivity index (χ1n) is 8.20. The van der Waals surface area contributed by atoms with E-state index in [9.17, 15) is 27.2 Å². The number of amides is 2. The third-order valence-electron chi connectivity index (χ3n) is 4.85. The van der Waals surface area contributed by atoms with Crippen LogP contribution in [0.5, 0.6) is 0 Å². The molecule has 1 aromatic rings. The molecule has 1 aliphatic carbocycles. The van der Waals surface area contributed by atoms with Crippen molar-refractivity contribution in [1.29, 1.82) is 0 Å². The highest BCUT2D eigenvalue weighted by Gasteiger charge is 2.43. The van der Waals surface area contributed by atoms with Crippen LogP contribution in [0.4, 0.5) is 23.2 Å². The van der Waals surface area contributed by atoms with E-state index in [1.165, 1.54) is 12.1 Å². The Balaban J connectivity index is 1.72. The number of carbonyl (C=O) groups excluding carboxylic acids is 2. The summed E-state index contributed by atoms with van der Waals surface area (Å²) in [7, 11) is 0. The molecule has 0 radical (unpaired) electrons. The Morgan fingerprint density at radius 1 is 1.24 bits per heavy atom. The van der Waals surface area contributed by atoms with Crippen LogP contribution in [-0.2, 0) is 9.59 Å². The molecule has 2 amide bonds. The lowest BCUT2D eigenvalue weighted by atomic mass is 9.84. The van der Waals surface area contributed by atoms with Crippen molar-refractivity contribution in [2.45, 2.75) is 50.2 Å². The minimum Gasteiger partial charge on any atom is -0.353 e. The van der Waals surface area contributed by atoms with Gasteiger partial charge in [-0.05, 0) is 37.0 Å². The van der Waals surface area contributed by atoms with Gasteiger partial charge in [0.1, 0.15) is 5.82 Å². The summed E-state index contributed by atoms with van der Waals surface area (Å²) in [6, 6.07) is 3.18. The van der Waals surface area contributed by atoms with Crippen molar-refractivity contribution in [3.63, 3.8) is 0 Å². The second-order valence-electron chi connectivity index (χ2n) is 6.65. The van der Waals surface area contributed by atoms with Gasteiger partial charge in [-0.1, -0.05) is 12.5 Å². The van der Waals surface area contributed by atoms with E-state index in [1.807, 2.05) is 0 Å². The smallest absolute Gasteiger partial charge is 0.353 e. The van der Waals surface area contributed by atoms with Crippen LogP contribution >= 0.6 is 0 Å². The maximum absolute atomic E-state index is 13.3. The first kappa shape index (κ1) is 17.7. The maximum atomic E-state index is 13.3. The van der Waals surface area contributed by atoms with Gasteiger partial charge in [-0.25, -0.2) is 4.39 Å². The Morgan fingerprint density at radius 2 is 2.00 bits per heavy atom. The Kier molecular flexibility index (Phi) is 4.71. The topological polar surface area (TPSA) is 58.2 Å². The number of nitrogens with one attached hydrogen (secondary N) is 2. The molecule has 1 aliphatic heterocycles. The monoisotopic (exact) mass is 358 g/mol. The third-order valence-corrected chi connectivity index (χ3v) is 4.85. The number of fused-ring (bicyclic) bond motifs is 1. The van der Waals surface area contributed by atoms with Gasteiger partial charge in [-0.2, -0.15) is 13.2 Å². The van der Waals surface area contributed by atoms with Gasteiger partial charge in [0.25, 0.3) is 0 Å². The van der Waals surface area contributed by atoms with Crippen LogP contribution in [0, 0.1) is 11.7 Å². The molecule has 0 bridgehead atoms. The number of alkyl halides is 3. The highest BCUT2D eigenvalue weighted by molar-refractivity contribution is 6.01. The number of halogens is 4. The Labute approximate surface area is 142 Å². The quantitative estimate of drug-likeness (QED) is 0.795. The molecule has 25 heavy (non-hydrogen) atoms. The van der Waals surface area contributed by atoms with Gasteiger partial charge in [0.2, 0.25) is 11.8 Å². The van der Waals surface area contributed by atoms with E-state index in [1.54, 1.807) is 0 Å². The van der Waals surface area contributed by atoms with Crippen molar-refractivity contribution < 1.29 is 27.2 Å². The van der Waals surface area contributed by atoms with Crippen molar-refractivity contribution in [2.75, 3.05) is 5.32 Å². The summed E-state index contributed by atoms with van der Waals surface area (Å²) in [6.45, 7) is 0. The van der Waals surface area contributed by atoms with Crippen molar-refractivity contribution in [3.05, 3.63) is 29.6 Å². The molecule has 8 heteroatoms. The van der Waals surface area contributed by atoms with E-state index in [4.69, 9.17) is 0 Å². The average Bonchev–Trinajstić information content (AvgIpc) is 2.53. The standard InChI is InChI=1S/C17H18F4N2O2/c18-10-4-5-12-13(8-15(24)23-14(12)7-10)16(25)22-11-3-1-2-9(6-11)17(19,20)21/h4-5,7,9,11,13H,1-3,6,8H2,(H,22,25)(H,23,24). The predicted octanol–water partition coefficient (Wildman–Crippen LogP) is 3.49. The second-order valence-corrected chi connectivity index (χ2v) is 6.65. The summed E-state index contributed by atoms with van der Waals surface area (Å²) in [6.07, 6.45) is -3.58. The normalized spacial score (nSPS) is 26.6. The zero-order valence-corrected chi connectivity index (χ0v) is 13.3. The number of carbonyl (C=O) groups is 2. The summed E-state index contributed by atoms with van der Waals surface area (Å²) >= 11 is 0. The van der Waals surface area contributed by atoms with Gasteiger partial charge in [-0.15, -0.1) is 0 Å². The summed E-state index contributed by atoms with van der Waals surface area (Å²) in [5.74, 6) is -3.69. The fourth-order valence-corrected chi connectivity index (χ4v) is 3.59. The lowest BCUT2D eigenvalue weighted by molar-refractivity contribution is -0.184. The molecule has 2 N–H and O–H groups in total. The molecule has 2 aliphatic rings. The highest BCUT2D eigenvalue weighted by Crippen LogP contribution is 2.38. The van der Waals surface area contributed by atoms with Crippen molar-refractivity contribution in [1.82, 2.24) is 5.32 Å². The Hall–Kier alpha value is -2.12. The van der Waals surface area contributed by atoms with E-state index in [2.05, 4.69) is 10.6 Å². The van der Waals surface area contributed by atoms with Crippen LogP contribution in [-0.4, -0.2) is 24.0 Å². The summed E-state index contributed by atoms with van der Waals surface area (Å²) in [5.41, 5.74) is 0.704. The molecule has 136 valence electrons. The first-order chi connectivity index (χ1) is 11.7. The molecular formula is C17H18F4N2O2. The van der Waals surface area contributed by atoms with Gasteiger partial charge >= 0.3 is 6.18 Å². The predicted molar refractivity (Wildman–Crippen MR) is 82.3 cm³/mol. The molecule has 3 rings (SSSR count). The maximum Gasteiger partial charge on any atom is 0.391 e. The molecule has 1 saturated carbocycles. The van der Waals surface area contributed by atoms with E-state index in [0.717, 1.165) is 6.07 Å². The fraction of sp³-hybridized carbons (Fsp3) is 0.529. The number of anilines is 1. The Morgan fingerprint density at radius 3 is 2.72 bits per heavy atom. The van der Waals surface area contributed by atoms with Crippen LogP contribution in [0.3, 0.4) is 0 Å². The molecule has 3 unspecified atom stereocenters. The van der Waals surface area contributed by atoms with Gasteiger partial charge in [0.05, 0.1) is 11.8 Å². The van der Waals surface area contributed by atoms with Crippen molar-refractivity contribution in [3.8, 4) is 0 Å². The van der Waals surface area contributed by atoms with Gasteiger partial charge in [0, 0.05) is 18.2 Å². The molecule has 0 spiro atoms. The third kappa shape index (κ3) is 3.93. The van der Waals surface area contributed by atoms with Crippen LogP contribution < -0.4 is 10.6 Å². The SMILES string of the molecule is O=C1CC(C(=O)NC2CCCC(C(F)(F)F)C2)c2ccc(F)cc2N1. The van der Waals surface area contributed by atoms with E-state index in [-0.39, 0.29) is 24.9 Å². The largest absolute Gasteiger partial charge is 0.391 e. The lowest BCUT2D eigenvalue weighted by Gasteiger charge is -2.32. The fourth-order valence-electron chi connectivity index (χ4n) is 3.59. The van der Waals surface area contributed by atoms with Gasteiger partial charge < -0.3 is 10.6 Å². The summed E-state index contributed by atoms with van der Waals surface area (Å²) in [4.78, 5) is 24.3. The molecule has 0 aromatic heterocycles. The summed E-state index contributed by atoms with van der Waals surface area (Å²) in [5, 5.41) is 5.16. The Bertz CT molecular complexity index is 690. The molecule has 4 nitrogen and oxygen atoms in total. The highest BCUT2D eigenvalue weighted by atomic mass is 19.4. The number of rotatable bonds is 2. The van der Waals surface area contributed by atoms with Gasteiger partial charge in [-0.3, -0.25) is 9.59 Å². The second kappa shape index (κ2) is 6.65. The minimum absolute atomic E-state index is 0.0732. The number of hydrogen-bond donors (Lipinski definition) is 2. The first-order valence-corrected chi connectivity index (χ1v) is 8.20. The number of hydrogen-bond acceptors (Lipinski definition) is 2. The van der Waals surface area contributed by atoms with Crippen LogP contribution in [0.2, 0.25) is 0 Å². The van der Waals surface area contributed by atoms with Crippen molar-refractivity contribution >= 4 is 17.5 Å². The van der Waals surface area contributed by atoms with Crippen LogP contribution in [0.1, 0.15) is 43.6 Å². The molecular weight excluding hydrogens is 340 g/mol. The molecule has 1 aromatic carbocycles. The van der Waals surface area contributed by atoms with Crippen LogP contribution in [0.25, 0.3) is 0 Å². The molecule has 0 saturated heterocycles. The van der Waals surface area contributed by atoms with E-state index in [0.29, 0.717) is 18.4 Å². The van der Waals surface area contributed by atoms with E-state index >= 15 is 0 Å². The minimum atomic E-state index is -4.27. The zero-order valence-electron chi connectivity index (χ0n) is 13.3. The number of benzene rings is 1. The molecule has 1 fully saturated rings. The van der Waals surface area contributed by atoms with Gasteiger partial charge in [0.15, 0.2) is 0 Å². The van der Waals surface area contributed by atoms with E-state index < -0.39 is 41.7 Å². The zero-order chi connectivity index (χ0) is 18.2. The van der Waals surface area contributed by atoms with Crippen molar-refractivity contribution in [2.24, 2.45) is 5.92 Å². The molecule has 1 heterocycles. The van der Waals surface area contributed by atoms with Crippen LogP contribution in [0.15, 0.2) is 18.2 Å².